The summed E-state index contributed by atoms with van der Waals surface area (Å²) in [5, 5.41) is 11.0. The number of hydrogen-bond donors (Lipinski definition) is 1. The van der Waals surface area contributed by atoms with Crippen molar-refractivity contribution in [3.8, 4) is 0 Å². The fourth-order valence-corrected chi connectivity index (χ4v) is 4.36. The highest BCUT2D eigenvalue weighted by molar-refractivity contribution is 6.46. The first kappa shape index (κ1) is 23.1. The summed E-state index contributed by atoms with van der Waals surface area (Å²) in [5.41, 5.74) is 2.23. The zero-order valence-corrected chi connectivity index (χ0v) is 19.0. The van der Waals surface area contributed by atoms with Crippen LogP contribution in [0.3, 0.4) is 0 Å². The molecule has 0 radical (unpaired) electrons. The molecular weight excluding hydrogens is 423 g/mol. The van der Waals surface area contributed by atoms with Gasteiger partial charge >= 0.3 is 0 Å². The average molecular weight is 453 g/mol. The number of hydrogen-bond acceptors (Lipinski definition) is 5. The molecule has 2 saturated heterocycles. The third-order valence-corrected chi connectivity index (χ3v) is 6.34. The lowest BCUT2D eigenvalue weighted by molar-refractivity contribution is -0.140. The van der Waals surface area contributed by atoms with E-state index < -0.39 is 23.5 Å². The van der Waals surface area contributed by atoms with E-state index in [-0.39, 0.29) is 11.3 Å². The summed E-state index contributed by atoms with van der Waals surface area (Å²) in [6.07, 6.45) is 0. The second-order valence-corrected chi connectivity index (χ2v) is 8.77. The third kappa shape index (κ3) is 4.84. The summed E-state index contributed by atoms with van der Waals surface area (Å²) in [5.74, 6) is -1.76. The highest BCUT2D eigenvalue weighted by atomic mass is 19.1. The molecule has 2 aliphatic rings. The first-order chi connectivity index (χ1) is 15.9. The van der Waals surface area contributed by atoms with E-state index in [1.165, 1.54) is 29.2 Å². The van der Waals surface area contributed by atoms with Gasteiger partial charge in [0.15, 0.2) is 0 Å². The maximum Gasteiger partial charge on any atom is 0.295 e. The van der Waals surface area contributed by atoms with Crippen LogP contribution in [0.1, 0.15) is 42.5 Å². The molecule has 174 valence electrons. The number of morpholine rings is 1. The summed E-state index contributed by atoms with van der Waals surface area (Å²) in [4.78, 5) is 29.9. The molecule has 1 amide bonds. The summed E-state index contributed by atoms with van der Waals surface area (Å²) in [7, 11) is 0. The highest BCUT2D eigenvalue weighted by Gasteiger charge is 2.46. The molecule has 0 unspecified atom stereocenters. The van der Waals surface area contributed by atoms with E-state index in [9.17, 15) is 19.1 Å². The molecule has 33 heavy (non-hydrogen) atoms. The number of ketones is 1. The predicted octanol–water partition coefficient (Wildman–Crippen LogP) is 3.70. The Morgan fingerprint density at radius 2 is 1.67 bits per heavy atom. The van der Waals surface area contributed by atoms with Crippen LogP contribution in [0.4, 0.5) is 4.39 Å². The van der Waals surface area contributed by atoms with Gasteiger partial charge in [-0.15, -0.1) is 0 Å². The van der Waals surface area contributed by atoms with Crippen molar-refractivity contribution in [2.45, 2.75) is 25.8 Å². The molecule has 7 heteroatoms. The predicted molar refractivity (Wildman–Crippen MR) is 123 cm³/mol. The molecule has 2 aromatic rings. The molecule has 1 N–H and O–H groups in total. The topological polar surface area (TPSA) is 70.1 Å². The molecule has 0 spiro atoms. The Morgan fingerprint density at radius 3 is 2.27 bits per heavy atom. The Hall–Kier alpha value is -3.03. The number of ether oxygens (including phenoxy) is 1. The molecule has 0 bridgehead atoms. The molecule has 2 fully saturated rings. The number of halogens is 1. The van der Waals surface area contributed by atoms with Crippen molar-refractivity contribution in [3.63, 3.8) is 0 Å². The van der Waals surface area contributed by atoms with Gasteiger partial charge < -0.3 is 14.7 Å². The molecule has 2 aliphatic heterocycles. The number of rotatable bonds is 6. The van der Waals surface area contributed by atoms with Crippen molar-refractivity contribution in [1.29, 1.82) is 0 Å². The average Bonchev–Trinajstić information content (AvgIpc) is 3.08. The fraction of sp³-hybridized carbons (Fsp3) is 0.385. The van der Waals surface area contributed by atoms with Crippen LogP contribution in [0.5, 0.6) is 0 Å². The van der Waals surface area contributed by atoms with Gasteiger partial charge in [-0.3, -0.25) is 14.5 Å². The number of nitrogens with zero attached hydrogens (tertiary/aromatic N) is 2. The minimum Gasteiger partial charge on any atom is -0.507 e. The van der Waals surface area contributed by atoms with Crippen LogP contribution in [0.25, 0.3) is 5.76 Å². The number of Topliss-reactive ketones (excluding diaryl/α,β-unsaturated/α-hetero) is 1. The SMILES string of the molecule is CC(C)c1ccc([C@H]2C(=C(O)c3ccc(F)cc3)C(=O)C(=O)N2CCN2CCOCC2)cc1. The number of aliphatic hydroxyl groups is 1. The maximum atomic E-state index is 13.4. The summed E-state index contributed by atoms with van der Waals surface area (Å²) < 4.78 is 18.8. The summed E-state index contributed by atoms with van der Waals surface area (Å²) in [6.45, 7) is 7.97. The quantitative estimate of drug-likeness (QED) is 0.411. The van der Waals surface area contributed by atoms with Gasteiger partial charge in [0, 0.05) is 31.7 Å². The standard InChI is InChI=1S/C26H29FN2O4/c1-17(2)18-3-5-19(6-4-18)23-22(24(30)20-7-9-21(27)10-8-20)25(31)26(32)29(23)12-11-28-13-15-33-16-14-28/h3-10,17,23,30H,11-16H2,1-2H3/t23-/m0/s1. The Morgan fingerprint density at radius 1 is 1.03 bits per heavy atom. The van der Waals surface area contributed by atoms with Gasteiger partial charge in [0.05, 0.1) is 24.8 Å². The summed E-state index contributed by atoms with van der Waals surface area (Å²) in [6, 6.07) is 12.3. The molecule has 2 heterocycles. The fourth-order valence-electron chi connectivity index (χ4n) is 4.36. The van der Waals surface area contributed by atoms with E-state index in [4.69, 9.17) is 4.74 Å². The Labute approximate surface area is 193 Å². The number of amides is 1. The van der Waals surface area contributed by atoms with Crippen LogP contribution in [-0.2, 0) is 14.3 Å². The van der Waals surface area contributed by atoms with Crippen LogP contribution in [0.15, 0.2) is 54.1 Å². The van der Waals surface area contributed by atoms with Gasteiger partial charge in [-0.1, -0.05) is 38.1 Å². The van der Waals surface area contributed by atoms with Crippen molar-refractivity contribution < 1.29 is 23.8 Å². The Balaban J connectivity index is 1.73. The molecular formula is C26H29FN2O4. The van der Waals surface area contributed by atoms with Crippen molar-refractivity contribution in [1.82, 2.24) is 9.80 Å². The lowest BCUT2D eigenvalue weighted by Gasteiger charge is -2.31. The van der Waals surface area contributed by atoms with Gasteiger partial charge in [0.1, 0.15) is 11.6 Å². The number of aliphatic hydroxyl groups excluding tert-OH is 1. The van der Waals surface area contributed by atoms with Gasteiger partial charge in [0.2, 0.25) is 0 Å². The Kier molecular flexibility index (Phi) is 6.91. The van der Waals surface area contributed by atoms with E-state index in [0.29, 0.717) is 37.8 Å². The van der Waals surface area contributed by atoms with E-state index in [0.717, 1.165) is 24.2 Å². The monoisotopic (exact) mass is 452 g/mol. The molecule has 0 aromatic heterocycles. The van der Waals surface area contributed by atoms with Crippen molar-refractivity contribution in [2.24, 2.45) is 0 Å². The number of carbonyl (C=O) groups excluding carboxylic acids is 2. The molecule has 0 aliphatic carbocycles. The van der Waals surface area contributed by atoms with Crippen molar-refractivity contribution >= 4 is 17.4 Å². The van der Waals surface area contributed by atoms with Gasteiger partial charge in [-0.2, -0.15) is 0 Å². The minimum absolute atomic E-state index is 0.0332. The molecule has 6 nitrogen and oxygen atoms in total. The number of likely N-dealkylation sites (tertiary alicyclic amines) is 1. The largest absolute Gasteiger partial charge is 0.507 e. The zero-order chi connectivity index (χ0) is 23.5. The van der Waals surface area contributed by atoms with Crippen LogP contribution in [0.2, 0.25) is 0 Å². The van der Waals surface area contributed by atoms with Crippen LogP contribution >= 0.6 is 0 Å². The second-order valence-electron chi connectivity index (χ2n) is 8.77. The van der Waals surface area contributed by atoms with E-state index in [1.807, 2.05) is 24.3 Å². The Bertz CT molecular complexity index is 1040. The van der Waals surface area contributed by atoms with Gasteiger partial charge in [-0.05, 0) is 41.3 Å². The zero-order valence-electron chi connectivity index (χ0n) is 19.0. The van der Waals surface area contributed by atoms with Gasteiger partial charge in [0.25, 0.3) is 11.7 Å². The third-order valence-electron chi connectivity index (χ3n) is 6.34. The molecule has 2 aromatic carbocycles. The highest BCUT2D eigenvalue weighted by Crippen LogP contribution is 2.39. The van der Waals surface area contributed by atoms with Crippen molar-refractivity contribution in [2.75, 3.05) is 39.4 Å². The van der Waals surface area contributed by atoms with E-state index in [1.54, 1.807) is 0 Å². The summed E-state index contributed by atoms with van der Waals surface area (Å²) >= 11 is 0. The molecule has 0 saturated carbocycles. The number of benzene rings is 2. The van der Waals surface area contributed by atoms with E-state index >= 15 is 0 Å². The lowest BCUT2D eigenvalue weighted by atomic mass is 9.93. The van der Waals surface area contributed by atoms with E-state index in [2.05, 4.69) is 18.7 Å². The van der Waals surface area contributed by atoms with Crippen LogP contribution < -0.4 is 0 Å². The van der Waals surface area contributed by atoms with Crippen LogP contribution in [-0.4, -0.2) is 66.0 Å². The van der Waals surface area contributed by atoms with Gasteiger partial charge in [-0.25, -0.2) is 4.39 Å². The molecule has 4 rings (SSSR count). The minimum atomic E-state index is -0.725. The van der Waals surface area contributed by atoms with Crippen molar-refractivity contribution in [3.05, 3.63) is 76.6 Å². The smallest absolute Gasteiger partial charge is 0.295 e. The molecule has 1 atom stereocenters. The lowest BCUT2D eigenvalue weighted by Crippen LogP contribution is -2.42. The maximum absolute atomic E-state index is 13.4. The first-order valence-electron chi connectivity index (χ1n) is 11.3. The normalized spacial score (nSPS) is 21.2. The second kappa shape index (κ2) is 9.85. The van der Waals surface area contributed by atoms with Crippen LogP contribution in [0, 0.1) is 5.82 Å². The first-order valence-corrected chi connectivity index (χ1v) is 11.3. The number of carbonyl (C=O) groups is 2.